The van der Waals surface area contributed by atoms with Crippen LogP contribution < -0.4 is 0 Å². The lowest BCUT2D eigenvalue weighted by Gasteiger charge is -2.42. The van der Waals surface area contributed by atoms with Crippen LogP contribution >= 0.6 is 15.9 Å². The van der Waals surface area contributed by atoms with E-state index in [9.17, 15) is 23.1 Å². The van der Waals surface area contributed by atoms with Crippen molar-refractivity contribution in [2.45, 2.75) is 51.9 Å². The lowest BCUT2D eigenvalue weighted by molar-refractivity contribution is -0.314. The summed E-state index contributed by atoms with van der Waals surface area (Å²) >= 11 is 3.21. The highest BCUT2D eigenvalue weighted by molar-refractivity contribution is 9.10. The molecule has 0 saturated heterocycles. The highest BCUT2D eigenvalue weighted by atomic mass is 79.9. The second-order valence-corrected chi connectivity index (χ2v) is 9.25. The lowest BCUT2D eigenvalue weighted by Crippen LogP contribution is -2.62. The molecule has 27 heavy (non-hydrogen) atoms. The van der Waals surface area contributed by atoms with Gasteiger partial charge < -0.3 is 5.11 Å². The Labute approximate surface area is 164 Å². The first-order chi connectivity index (χ1) is 12.4. The zero-order valence-corrected chi connectivity index (χ0v) is 16.9. The number of aliphatic hydroxyl groups is 1. The maximum absolute atomic E-state index is 14.0. The van der Waals surface area contributed by atoms with Gasteiger partial charge in [0, 0.05) is 15.7 Å². The molecule has 1 heterocycles. The number of amides is 1. The molecule has 1 aliphatic heterocycles. The summed E-state index contributed by atoms with van der Waals surface area (Å²) in [7, 11) is 0. The topological polar surface area (TPSA) is 52.9 Å². The van der Waals surface area contributed by atoms with Crippen molar-refractivity contribution in [2.24, 2.45) is 22.4 Å². The highest BCUT2D eigenvalue weighted by Crippen LogP contribution is 2.52. The van der Waals surface area contributed by atoms with E-state index in [0.717, 1.165) is 0 Å². The fraction of sp³-hybridized carbons (Fsp3) is 0.579. The van der Waals surface area contributed by atoms with E-state index in [1.807, 2.05) is 20.8 Å². The largest absolute Gasteiger partial charge is 0.439 e. The Morgan fingerprint density at radius 2 is 2.00 bits per heavy atom. The molecule has 148 valence electrons. The zero-order chi connectivity index (χ0) is 20.2. The van der Waals surface area contributed by atoms with Gasteiger partial charge in [-0.1, -0.05) is 42.8 Å². The van der Waals surface area contributed by atoms with Gasteiger partial charge in [-0.3, -0.25) is 4.79 Å². The number of hydrogen-bond acceptors (Lipinski definition) is 3. The van der Waals surface area contributed by atoms with Crippen molar-refractivity contribution < 1.29 is 23.1 Å². The molecule has 1 N–H and O–H groups in total. The maximum Gasteiger partial charge on any atom is 0.439 e. The Morgan fingerprint density at radius 1 is 1.33 bits per heavy atom. The van der Waals surface area contributed by atoms with Crippen molar-refractivity contribution in [3.8, 4) is 0 Å². The number of nitrogens with zero attached hydrogens (tertiary/aromatic N) is 2. The van der Waals surface area contributed by atoms with Gasteiger partial charge >= 0.3 is 6.18 Å². The summed E-state index contributed by atoms with van der Waals surface area (Å²) < 4.78 is 42.6. The van der Waals surface area contributed by atoms with E-state index < -0.39 is 23.7 Å². The van der Waals surface area contributed by atoms with Crippen LogP contribution in [0.4, 0.5) is 13.2 Å². The first kappa shape index (κ1) is 20.3. The summed E-state index contributed by atoms with van der Waals surface area (Å²) in [4.78, 5) is 12.8. The fourth-order valence-electron chi connectivity index (χ4n) is 3.95. The third-order valence-electron chi connectivity index (χ3n) is 5.61. The van der Waals surface area contributed by atoms with Gasteiger partial charge in [0.25, 0.3) is 11.6 Å². The standard InChI is InChI=1S/C19H22BrF3N2O2/c1-17(2,3)12-7-8-15-14(10-12)18(27,19(21,22)23)25(24-15)16(26)11-5-4-6-13(20)9-11/h4-6,9,12,14,27H,7-8,10H2,1-3H3/t12-,14-,18-/m1/s1. The van der Waals surface area contributed by atoms with E-state index in [-0.39, 0.29) is 34.0 Å². The van der Waals surface area contributed by atoms with E-state index >= 15 is 0 Å². The molecule has 0 unspecified atom stereocenters. The number of halogens is 4. The van der Waals surface area contributed by atoms with Crippen LogP contribution in [0.1, 0.15) is 50.4 Å². The predicted molar refractivity (Wildman–Crippen MR) is 99.0 cm³/mol. The second kappa shape index (κ2) is 6.58. The van der Waals surface area contributed by atoms with Crippen molar-refractivity contribution in [2.75, 3.05) is 0 Å². The zero-order valence-electron chi connectivity index (χ0n) is 15.3. The van der Waals surface area contributed by atoms with Gasteiger partial charge in [-0.2, -0.15) is 23.3 Å². The molecule has 1 saturated carbocycles. The molecule has 1 fully saturated rings. The van der Waals surface area contributed by atoms with Crippen molar-refractivity contribution in [1.29, 1.82) is 0 Å². The van der Waals surface area contributed by atoms with Gasteiger partial charge in [0.05, 0.1) is 5.92 Å². The SMILES string of the molecule is CC(C)(C)[C@@H]1CCC2=NN(C(=O)c3cccc(Br)c3)[C@](O)(C(F)(F)F)[C@@H]2C1. The lowest BCUT2D eigenvalue weighted by atomic mass is 9.66. The minimum Gasteiger partial charge on any atom is -0.362 e. The van der Waals surface area contributed by atoms with Crippen molar-refractivity contribution in [1.82, 2.24) is 5.01 Å². The molecule has 0 aromatic heterocycles. The number of hydrazone groups is 1. The van der Waals surface area contributed by atoms with Crippen LogP contribution in [0.15, 0.2) is 33.8 Å². The average Bonchev–Trinajstić information content (AvgIpc) is 2.87. The minimum atomic E-state index is -5.02. The third kappa shape index (κ3) is 3.42. The van der Waals surface area contributed by atoms with Gasteiger partial charge in [0.2, 0.25) is 0 Å². The Morgan fingerprint density at radius 3 is 2.56 bits per heavy atom. The Hall–Kier alpha value is -1.41. The molecule has 1 amide bonds. The summed E-state index contributed by atoms with van der Waals surface area (Å²) in [6.45, 7) is 5.93. The first-order valence-electron chi connectivity index (χ1n) is 8.82. The molecule has 3 atom stereocenters. The number of benzene rings is 1. The van der Waals surface area contributed by atoms with E-state index in [1.165, 1.54) is 12.1 Å². The Bertz CT molecular complexity index is 788. The molecule has 0 spiro atoms. The van der Waals surface area contributed by atoms with E-state index in [2.05, 4.69) is 21.0 Å². The number of rotatable bonds is 1. The molecule has 1 aliphatic carbocycles. The molecule has 8 heteroatoms. The predicted octanol–water partition coefficient (Wildman–Crippen LogP) is 4.97. The fourth-order valence-corrected chi connectivity index (χ4v) is 4.35. The summed E-state index contributed by atoms with van der Waals surface area (Å²) in [6.07, 6.45) is -3.86. The van der Waals surface area contributed by atoms with Gasteiger partial charge in [-0.15, -0.1) is 0 Å². The number of hydrogen-bond donors (Lipinski definition) is 1. The van der Waals surface area contributed by atoms with Crippen LogP contribution in [0.2, 0.25) is 0 Å². The number of fused-ring (bicyclic) bond motifs is 1. The van der Waals surface area contributed by atoms with Gasteiger partial charge in [0.1, 0.15) is 0 Å². The molecule has 2 aliphatic rings. The third-order valence-corrected chi connectivity index (χ3v) is 6.11. The quantitative estimate of drug-likeness (QED) is 0.661. The molecule has 3 rings (SSSR count). The van der Waals surface area contributed by atoms with Crippen LogP contribution in [0, 0.1) is 17.3 Å². The van der Waals surface area contributed by atoms with E-state index in [1.54, 1.807) is 12.1 Å². The van der Waals surface area contributed by atoms with Crippen LogP contribution in [-0.2, 0) is 0 Å². The second-order valence-electron chi connectivity index (χ2n) is 8.33. The van der Waals surface area contributed by atoms with Crippen molar-refractivity contribution in [3.05, 3.63) is 34.3 Å². The molecule has 0 bridgehead atoms. The van der Waals surface area contributed by atoms with E-state index in [4.69, 9.17) is 0 Å². The molecule has 0 radical (unpaired) electrons. The summed E-state index contributed by atoms with van der Waals surface area (Å²) in [5.74, 6) is -2.21. The Balaban J connectivity index is 2.02. The maximum atomic E-state index is 14.0. The molecule has 1 aromatic rings. The van der Waals surface area contributed by atoms with E-state index in [0.29, 0.717) is 17.3 Å². The smallest absolute Gasteiger partial charge is 0.362 e. The van der Waals surface area contributed by atoms with Crippen LogP contribution in [0.25, 0.3) is 0 Å². The van der Waals surface area contributed by atoms with Gasteiger partial charge in [-0.05, 0) is 48.8 Å². The summed E-state index contributed by atoms with van der Waals surface area (Å²) in [5, 5.41) is 15.0. The van der Waals surface area contributed by atoms with Crippen LogP contribution in [0.3, 0.4) is 0 Å². The van der Waals surface area contributed by atoms with Crippen molar-refractivity contribution >= 4 is 27.5 Å². The number of carbonyl (C=O) groups is 1. The average molecular weight is 447 g/mol. The highest BCUT2D eigenvalue weighted by Gasteiger charge is 2.69. The number of carbonyl (C=O) groups excluding carboxylic acids is 1. The summed E-state index contributed by atoms with van der Waals surface area (Å²) in [6, 6.07) is 6.04. The van der Waals surface area contributed by atoms with Crippen LogP contribution in [-0.4, -0.2) is 33.6 Å². The first-order valence-corrected chi connectivity index (χ1v) is 9.61. The Kier molecular flexibility index (Phi) is 4.96. The monoisotopic (exact) mass is 446 g/mol. The van der Waals surface area contributed by atoms with Crippen molar-refractivity contribution in [3.63, 3.8) is 0 Å². The summed E-state index contributed by atoms with van der Waals surface area (Å²) in [5.41, 5.74) is -3.24. The van der Waals surface area contributed by atoms with Gasteiger partial charge in [-0.25, -0.2) is 0 Å². The molecular weight excluding hydrogens is 425 g/mol. The normalized spacial score (nSPS) is 28.7. The van der Waals surface area contributed by atoms with Crippen LogP contribution in [0.5, 0.6) is 0 Å². The molecular formula is C19H22BrF3N2O2. The minimum absolute atomic E-state index is 0.00348. The molecule has 1 aromatic carbocycles. The number of alkyl halides is 3. The van der Waals surface area contributed by atoms with Gasteiger partial charge in [0.15, 0.2) is 0 Å². The molecule has 4 nitrogen and oxygen atoms in total.